The summed E-state index contributed by atoms with van der Waals surface area (Å²) in [5.74, 6) is 0. The normalized spacial score (nSPS) is 31.5. The first-order valence-electron chi connectivity index (χ1n) is 7.38. The number of rotatable bonds is 3. The topological polar surface area (TPSA) is 0 Å². The van der Waals surface area contributed by atoms with Crippen molar-refractivity contribution < 1.29 is 0 Å². The number of allylic oxidation sites excluding steroid dienone is 3. The largest absolute Gasteiger partial charge is 0.0993 e. The molecule has 2 rings (SSSR count). The summed E-state index contributed by atoms with van der Waals surface area (Å²) in [4.78, 5) is 0. The fourth-order valence-corrected chi connectivity index (χ4v) is 3.43. The zero-order valence-corrected chi connectivity index (χ0v) is 12.6. The van der Waals surface area contributed by atoms with Crippen LogP contribution in [0.3, 0.4) is 0 Å². The maximum absolute atomic E-state index is 4.24. The molecular formula is C19H26. The van der Waals surface area contributed by atoms with E-state index in [1.54, 1.807) is 0 Å². The average Bonchev–Trinajstić information content (AvgIpc) is 2.43. The molecule has 0 aliphatic heterocycles. The molecular weight excluding hydrogens is 228 g/mol. The van der Waals surface area contributed by atoms with Gasteiger partial charge in [0.05, 0.1) is 0 Å². The average molecular weight is 254 g/mol. The Morgan fingerprint density at radius 3 is 2.16 bits per heavy atom. The van der Waals surface area contributed by atoms with Gasteiger partial charge in [-0.15, -0.1) is 0 Å². The van der Waals surface area contributed by atoms with Crippen LogP contribution in [-0.4, -0.2) is 0 Å². The Kier molecular flexibility index (Phi) is 3.99. The molecule has 0 nitrogen and oxygen atoms in total. The van der Waals surface area contributed by atoms with Crippen molar-refractivity contribution in [2.45, 2.75) is 51.9 Å². The van der Waals surface area contributed by atoms with Gasteiger partial charge in [0, 0.05) is 5.41 Å². The molecule has 19 heavy (non-hydrogen) atoms. The third-order valence-corrected chi connectivity index (χ3v) is 5.05. The van der Waals surface area contributed by atoms with Crippen LogP contribution in [0, 0.1) is 5.41 Å². The van der Waals surface area contributed by atoms with Gasteiger partial charge in [0.2, 0.25) is 0 Å². The van der Waals surface area contributed by atoms with Crippen molar-refractivity contribution in [3.8, 4) is 0 Å². The van der Waals surface area contributed by atoms with Crippen LogP contribution in [0.2, 0.25) is 0 Å². The molecule has 0 heterocycles. The Balaban J connectivity index is 2.20. The Morgan fingerprint density at radius 1 is 1.11 bits per heavy atom. The van der Waals surface area contributed by atoms with Crippen LogP contribution in [0.5, 0.6) is 0 Å². The maximum atomic E-state index is 4.24. The van der Waals surface area contributed by atoms with Gasteiger partial charge in [-0.2, -0.15) is 0 Å². The molecule has 0 atom stereocenters. The molecule has 0 amide bonds. The summed E-state index contributed by atoms with van der Waals surface area (Å²) in [6.45, 7) is 11.0. The van der Waals surface area contributed by atoms with Crippen LogP contribution in [0.1, 0.15) is 52.0 Å². The summed E-state index contributed by atoms with van der Waals surface area (Å²) in [5, 5.41) is 0. The van der Waals surface area contributed by atoms with Crippen LogP contribution in [0.4, 0.5) is 0 Å². The van der Waals surface area contributed by atoms with Crippen LogP contribution >= 0.6 is 0 Å². The molecule has 1 aromatic carbocycles. The highest BCUT2D eigenvalue weighted by molar-refractivity contribution is 5.28. The summed E-state index contributed by atoms with van der Waals surface area (Å²) in [6.07, 6.45) is 9.50. The minimum atomic E-state index is 0.239. The molecule has 1 aliphatic rings. The van der Waals surface area contributed by atoms with Gasteiger partial charge in [-0.3, -0.25) is 0 Å². The van der Waals surface area contributed by atoms with Gasteiger partial charge in [0.25, 0.3) is 0 Å². The summed E-state index contributed by atoms with van der Waals surface area (Å²) >= 11 is 0. The van der Waals surface area contributed by atoms with E-state index in [1.165, 1.54) is 36.8 Å². The molecule has 0 unspecified atom stereocenters. The van der Waals surface area contributed by atoms with E-state index in [-0.39, 0.29) is 5.41 Å². The highest BCUT2D eigenvalue weighted by Crippen LogP contribution is 2.50. The lowest BCUT2D eigenvalue weighted by atomic mass is 9.60. The predicted molar refractivity (Wildman–Crippen MR) is 84.3 cm³/mol. The van der Waals surface area contributed by atoms with Crippen LogP contribution in [0.25, 0.3) is 0 Å². The minimum absolute atomic E-state index is 0.239. The molecule has 102 valence electrons. The lowest BCUT2D eigenvalue weighted by Crippen LogP contribution is -2.34. The molecule has 0 heteroatoms. The molecule has 0 spiro atoms. The van der Waals surface area contributed by atoms with Crippen molar-refractivity contribution in [1.82, 2.24) is 0 Å². The van der Waals surface area contributed by atoms with Crippen molar-refractivity contribution in [2.24, 2.45) is 5.41 Å². The fraction of sp³-hybridized carbons (Fsp3) is 0.474. The molecule has 1 fully saturated rings. The third kappa shape index (κ3) is 2.68. The van der Waals surface area contributed by atoms with E-state index in [4.69, 9.17) is 0 Å². The number of benzene rings is 1. The molecule has 1 saturated carbocycles. The van der Waals surface area contributed by atoms with Crippen LogP contribution in [0.15, 0.2) is 54.6 Å². The Hall–Kier alpha value is -1.30. The molecule has 1 aliphatic carbocycles. The SMILES string of the molecule is C=C(C)C1(C=CC)CCC(C)(c2ccccc2)CC1. The van der Waals surface area contributed by atoms with Gasteiger partial charge >= 0.3 is 0 Å². The lowest BCUT2D eigenvalue weighted by Gasteiger charge is -2.44. The smallest absolute Gasteiger partial charge is 0.00858 e. The predicted octanol–water partition coefficient (Wildman–Crippen LogP) is 5.66. The number of hydrogen-bond acceptors (Lipinski definition) is 0. The zero-order chi connectivity index (χ0) is 13.9. The van der Waals surface area contributed by atoms with E-state index < -0.39 is 0 Å². The number of hydrogen-bond donors (Lipinski definition) is 0. The van der Waals surface area contributed by atoms with Crippen LogP contribution < -0.4 is 0 Å². The maximum Gasteiger partial charge on any atom is 0.00858 e. The quantitative estimate of drug-likeness (QED) is 0.611. The fourth-order valence-electron chi connectivity index (χ4n) is 3.43. The van der Waals surface area contributed by atoms with Gasteiger partial charge < -0.3 is 0 Å². The molecule has 0 N–H and O–H groups in total. The molecule has 0 radical (unpaired) electrons. The van der Waals surface area contributed by atoms with E-state index in [9.17, 15) is 0 Å². The van der Waals surface area contributed by atoms with E-state index >= 15 is 0 Å². The van der Waals surface area contributed by atoms with E-state index in [1.807, 2.05) is 0 Å². The third-order valence-electron chi connectivity index (χ3n) is 5.05. The van der Waals surface area contributed by atoms with Gasteiger partial charge in [-0.05, 0) is 50.5 Å². The second-order valence-electron chi connectivity index (χ2n) is 6.36. The van der Waals surface area contributed by atoms with E-state index in [0.717, 1.165) is 0 Å². The molecule has 0 saturated heterocycles. The second kappa shape index (κ2) is 5.36. The molecule has 1 aromatic rings. The van der Waals surface area contributed by atoms with Gasteiger partial charge in [0.1, 0.15) is 0 Å². The van der Waals surface area contributed by atoms with Crippen molar-refractivity contribution >= 4 is 0 Å². The monoisotopic (exact) mass is 254 g/mol. The first-order chi connectivity index (χ1) is 9.02. The van der Waals surface area contributed by atoms with Gasteiger partial charge in [-0.1, -0.05) is 61.6 Å². The zero-order valence-electron chi connectivity index (χ0n) is 12.6. The van der Waals surface area contributed by atoms with Gasteiger partial charge in [-0.25, -0.2) is 0 Å². The first-order valence-corrected chi connectivity index (χ1v) is 7.38. The lowest BCUT2D eigenvalue weighted by molar-refractivity contribution is 0.215. The first kappa shape index (κ1) is 14.1. The summed E-state index contributed by atoms with van der Waals surface area (Å²) in [7, 11) is 0. The highest BCUT2D eigenvalue weighted by Gasteiger charge is 2.39. The van der Waals surface area contributed by atoms with Crippen LogP contribution in [-0.2, 0) is 5.41 Å². The van der Waals surface area contributed by atoms with E-state index in [0.29, 0.717) is 5.41 Å². The molecule has 0 bridgehead atoms. The summed E-state index contributed by atoms with van der Waals surface area (Å²) in [5.41, 5.74) is 3.39. The Morgan fingerprint density at radius 2 is 1.68 bits per heavy atom. The second-order valence-corrected chi connectivity index (χ2v) is 6.36. The van der Waals surface area contributed by atoms with Crippen molar-refractivity contribution in [3.63, 3.8) is 0 Å². The Labute approximate surface area is 118 Å². The summed E-state index contributed by atoms with van der Waals surface area (Å²) in [6, 6.07) is 11.0. The molecule has 0 aromatic heterocycles. The van der Waals surface area contributed by atoms with Crippen molar-refractivity contribution in [2.75, 3.05) is 0 Å². The van der Waals surface area contributed by atoms with Crippen molar-refractivity contribution in [3.05, 3.63) is 60.2 Å². The minimum Gasteiger partial charge on any atom is -0.0993 e. The highest BCUT2D eigenvalue weighted by atomic mass is 14.4. The Bertz CT molecular complexity index is 456. The standard InChI is InChI=1S/C19H26/c1-5-11-19(16(2)3)14-12-18(4,13-15-19)17-9-7-6-8-10-17/h5-11H,2,12-15H2,1,3-4H3. The van der Waals surface area contributed by atoms with Gasteiger partial charge in [0.15, 0.2) is 0 Å². The summed E-state index contributed by atoms with van der Waals surface area (Å²) < 4.78 is 0. The van der Waals surface area contributed by atoms with E-state index in [2.05, 4.69) is 69.8 Å². The van der Waals surface area contributed by atoms with Crippen molar-refractivity contribution in [1.29, 1.82) is 0 Å².